The van der Waals surface area contributed by atoms with Crippen molar-refractivity contribution in [1.82, 2.24) is 9.78 Å². The highest BCUT2D eigenvalue weighted by Crippen LogP contribution is 2.31. The van der Waals surface area contributed by atoms with Crippen LogP contribution in [-0.4, -0.2) is 29.3 Å². The predicted molar refractivity (Wildman–Crippen MR) is 98.6 cm³/mol. The molecule has 3 aromatic rings. The van der Waals surface area contributed by atoms with Gasteiger partial charge < -0.3 is 9.47 Å². The van der Waals surface area contributed by atoms with Gasteiger partial charge in [0.1, 0.15) is 18.1 Å². The van der Waals surface area contributed by atoms with E-state index in [4.69, 9.17) is 9.47 Å². The number of ketones is 1. The number of hydrogen-bond acceptors (Lipinski definition) is 4. The van der Waals surface area contributed by atoms with Crippen LogP contribution >= 0.6 is 0 Å². The van der Waals surface area contributed by atoms with Gasteiger partial charge in [-0.15, -0.1) is 0 Å². The Morgan fingerprint density at radius 2 is 2.08 bits per heavy atom. The first-order chi connectivity index (χ1) is 12.7. The van der Waals surface area contributed by atoms with Gasteiger partial charge in [0.25, 0.3) is 0 Å². The average molecular weight is 346 g/mol. The fraction of sp³-hybridized carbons (Fsp3) is 0.143. The van der Waals surface area contributed by atoms with E-state index in [1.54, 1.807) is 31.5 Å². The van der Waals surface area contributed by atoms with Crippen molar-refractivity contribution in [3.63, 3.8) is 0 Å². The summed E-state index contributed by atoms with van der Waals surface area (Å²) in [6, 6.07) is 15.4. The molecule has 2 aromatic carbocycles. The van der Waals surface area contributed by atoms with Gasteiger partial charge in [-0.25, -0.2) is 0 Å². The van der Waals surface area contributed by atoms with Crippen molar-refractivity contribution in [2.45, 2.75) is 6.54 Å². The number of rotatable bonds is 4. The number of fused-ring (bicyclic) bond motifs is 1. The van der Waals surface area contributed by atoms with Gasteiger partial charge in [0, 0.05) is 17.3 Å². The largest absolute Gasteiger partial charge is 0.497 e. The summed E-state index contributed by atoms with van der Waals surface area (Å²) in [5.74, 6) is 1.19. The first-order valence-electron chi connectivity index (χ1n) is 8.35. The fourth-order valence-corrected chi connectivity index (χ4v) is 2.95. The summed E-state index contributed by atoms with van der Waals surface area (Å²) in [6.07, 6.45) is 5.51. The van der Waals surface area contributed by atoms with Crippen molar-refractivity contribution in [3.8, 4) is 11.5 Å². The van der Waals surface area contributed by atoms with E-state index in [0.717, 1.165) is 5.56 Å². The van der Waals surface area contributed by atoms with Crippen molar-refractivity contribution < 1.29 is 14.3 Å². The molecule has 0 spiro atoms. The van der Waals surface area contributed by atoms with Crippen LogP contribution in [0.25, 0.3) is 6.08 Å². The first kappa shape index (κ1) is 16.1. The van der Waals surface area contributed by atoms with E-state index < -0.39 is 0 Å². The van der Waals surface area contributed by atoms with E-state index in [9.17, 15) is 4.79 Å². The van der Waals surface area contributed by atoms with Gasteiger partial charge >= 0.3 is 0 Å². The number of benzene rings is 2. The number of carbonyl (C=O) groups is 1. The molecule has 130 valence electrons. The molecule has 0 radical (unpaired) electrons. The standard InChI is InChI=1S/C21H18N2O3/c1-25-18-7-8-20-19(10-18)21(24)17(14-26-20)9-16-11-22-23(13-16)12-15-5-3-2-4-6-15/h2-11,13H,12,14H2,1H3/b17-9+. The molecule has 0 atom stereocenters. The maximum Gasteiger partial charge on any atom is 0.196 e. The summed E-state index contributed by atoms with van der Waals surface area (Å²) in [6.45, 7) is 0.941. The van der Waals surface area contributed by atoms with Gasteiger partial charge in [-0.1, -0.05) is 30.3 Å². The summed E-state index contributed by atoms with van der Waals surface area (Å²) in [7, 11) is 1.58. The van der Waals surface area contributed by atoms with Gasteiger partial charge in [0.05, 0.1) is 25.4 Å². The first-order valence-corrected chi connectivity index (χ1v) is 8.35. The Kier molecular flexibility index (Phi) is 4.27. The molecule has 0 saturated heterocycles. The molecule has 5 nitrogen and oxygen atoms in total. The van der Waals surface area contributed by atoms with Gasteiger partial charge in [0.15, 0.2) is 5.78 Å². The number of methoxy groups -OCH3 is 1. The Morgan fingerprint density at radius 1 is 1.23 bits per heavy atom. The molecule has 1 aliphatic heterocycles. The summed E-state index contributed by atoms with van der Waals surface area (Å²) >= 11 is 0. The van der Waals surface area contributed by atoms with Crippen LogP contribution in [0, 0.1) is 0 Å². The normalized spacial score (nSPS) is 14.8. The Bertz CT molecular complexity index is 974. The topological polar surface area (TPSA) is 53.3 Å². The Morgan fingerprint density at radius 3 is 2.88 bits per heavy atom. The van der Waals surface area contributed by atoms with Crippen LogP contribution in [0.1, 0.15) is 21.5 Å². The molecular formula is C21H18N2O3. The zero-order valence-electron chi connectivity index (χ0n) is 14.4. The van der Waals surface area contributed by atoms with E-state index in [1.165, 1.54) is 5.56 Å². The number of aromatic nitrogens is 2. The van der Waals surface area contributed by atoms with E-state index in [0.29, 0.717) is 29.2 Å². The smallest absolute Gasteiger partial charge is 0.196 e. The SMILES string of the molecule is COc1ccc2c(c1)C(=O)/C(=C/c1cnn(Cc3ccccc3)c1)CO2. The minimum Gasteiger partial charge on any atom is -0.497 e. The third-order valence-corrected chi connectivity index (χ3v) is 4.29. The minimum atomic E-state index is -0.0408. The number of ether oxygens (including phenoxy) is 2. The quantitative estimate of drug-likeness (QED) is 0.678. The average Bonchev–Trinajstić information content (AvgIpc) is 3.11. The predicted octanol–water partition coefficient (Wildman–Crippen LogP) is 3.60. The van der Waals surface area contributed by atoms with Crippen molar-refractivity contribution >= 4 is 11.9 Å². The number of hydrogen-bond donors (Lipinski definition) is 0. The van der Waals surface area contributed by atoms with Crippen molar-refractivity contribution in [3.05, 3.63) is 83.2 Å². The second kappa shape index (κ2) is 6.88. The molecule has 0 saturated carbocycles. The van der Waals surface area contributed by atoms with Crippen LogP contribution in [0.5, 0.6) is 11.5 Å². The molecule has 4 rings (SSSR count). The highest BCUT2D eigenvalue weighted by Gasteiger charge is 2.24. The highest BCUT2D eigenvalue weighted by molar-refractivity contribution is 6.14. The van der Waals surface area contributed by atoms with Crippen LogP contribution in [0.2, 0.25) is 0 Å². The zero-order valence-corrected chi connectivity index (χ0v) is 14.4. The molecule has 1 aliphatic rings. The minimum absolute atomic E-state index is 0.0408. The number of nitrogens with zero attached hydrogens (tertiary/aromatic N) is 2. The van der Waals surface area contributed by atoms with Crippen LogP contribution < -0.4 is 9.47 Å². The summed E-state index contributed by atoms with van der Waals surface area (Å²) in [5, 5.41) is 4.37. The number of carbonyl (C=O) groups excluding carboxylic acids is 1. The van der Waals surface area contributed by atoms with Gasteiger partial charge in [0.2, 0.25) is 0 Å². The monoisotopic (exact) mass is 346 g/mol. The molecule has 5 heteroatoms. The van der Waals surface area contributed by atoms with Crippen LogP contribution in [-0.2, 0) is 6.54 Å². The van der Waals surface area contributed by atoms with E-state index in [-0.39, 0.29) is 12.4 Å². The van der Waals surface area contributed by atoms with Crippen LogP contribution in [0.15, 0.2) is 66.5 Å². The lowest BCUT2D eigenvalue weighted by atomic mass is 9.99. The maximum absolute atomic E-state index is 12.8. The summed E-state index contributed by atoms with van der Waals surface area (Å²) in [4.78, 5) is 12.8. The lowest BCUT2D eigenvalue weighted by Gasteiger charge is -2.19. The molecule has 0 unspecified atom stereocenters. The molecule has 1 aromatic heterocycles. The summed E-state index contributed by atoms with van der Waals surface area (Å²) < 4.78 is 12.8. The Hall–Kier alpha value is -3.34. The van der Waals surface area contributed by atoms with Crippen LogP contribution in [0.3, 0.4) is 0 Å². The van der Waals surface area contributed by atoms with Crippen LogP contribution in [0.4, 0.5) is 0 Å². The molecule has 0 bridgehead atoms. The molecule has 0 fully saturated rings. The third-order valence-electron chi connectivity index (χ3n) is 4.29. The second-order valence-corrected chi connectivity index (χ2v) is 6.11. The Labute approximate surface area is 151 Å². The number of Topliss-reactive ketones (excluding diaryl/α,β-unsaturated/α-hetero) is 1. The Balaban J connectivity index is 1.56. The lowest BCUT2D eigenvalue weighted by Crippen LogP contribution is -2.19. The zero-order chi connectivity index (χ0) is 17.9. The maximum atomic E-state index is 12.8. The van der Waals surface area contributed by atoms with Crippen molar-refractivity contribution in [1.29, 1.82) is 0 Å². The molecule has 2 heterocycles. The van der Waals surface area contributed by atoms with Gasteiger partial charge in [-0.3, -0.25) is 9.48 Å². The second-order valence-electron chi connectivity index (χ2n) is 6.11. The highest BCUT2D eigenvalue weighted by atomic mass is 16.5. The summed E-state index contributed by atoms with van der Waals surface area (Å²) in [5.41, 5.74) is 3.18. The van der Waals surface area contributed by atoms with Crippen molar-refractivity contribution in [2.75, 3.05) is 13.7 Å². The van der Waals surface area contributed by atoms with E-state index in [1.807, 2.05) is 35.2 Å². The van der Waals surface area contributed by atoms with E-state index in [2.05, 4.69) is 17.2 Å². The molecule has 26 heavy (non-hydrogen) atoms. The molecule has 0 aliphatic carbocycles. The van der Waals surface area contributed by atoms with Gasteiger partial charge in [-0.05, 0) is 29.8 Å². The van der Waals surface area contributed by atoms with E-state index >= 15 is 0 Å². The molecule has 0 amide bonds. The van der Waals surface area contributed by atoms with Gasteiger partial charge in [-0.2, -0.15) is 5.10 Å². The fourth-order valence-electron chi connectivity index (χ4n) is 2.95. The molecule has 0 N–H and O–H groups in total. The van der Waals surface area contributed by atoms with Crippen molar-refractivity contribution in [2.24, 2.45) is 0 Å². The molecular weight excluding hydrogens is 328 g/mol. The lowest BCUT2D eigenvalue weighted by molar-refractivity contribution is 0.100. The third kappa shape index (κ3) is 3.24.